The van der Waals surface area contributed by atoms with E-state index in [-0.39, 0.29) is 16.5 Å². The molecule has 1 saturated heterocycles. The van der Waals surface area contributed by atoms with Gasteiger partial charge in [0.1, 0.15) is 0 Å². The minimum Gasteiger partial charge on any atom is -0.465 e. The van der Waals surface area contributed by atoms with Crippen LogP contribution in [0.2, 0.25) is 0 Å². The lowest BCUT2D eigenvalue weighted by molar-refractivity contribution is 0.0596. The molecule has 0 aromatic heterocycles. The van der Waals surface area contributed by atoms with Crippen LogP contribution in [-0.4, -0.2) is 49.9 Å². The lowest BCUT2D eigenvalue weighted by atomic mass is 10.2. The van der Waals surface area contributed by atoms with Crippen molar-refractivity contribution >= 4 is 33.4 Å². The summed E-state index contributed by atoms with van der Waals surface area (Å²) in [6.45, 7) is 2.29. The van der Waals surface area contributed by atoms with Crippen molar-refractivity contribution in [3.8, 4) is 0 Å². The van der Waals surface area contributed by atoms with E-state index in [1.54, 1.807) is 11.8 Å². The van der Waals surface area contributed by atoms with Gasteiger partial charge in [-0.2, -0.15) is 16.1 Å². The number of nitrogens with zero attached hydrogens (tertiary/aromatic N) is 1. The van der Waals surface area contributed by atoms with E-state index in [2.05, 4.69) is 4.74 Å². The molecular weight excluding hydrogens is 312 g/mol. The van der Waals surface area contributed by atoms with E-state index in [1.807, 2.05) is 6.92 Å². The maximum atomic E-state index is 12.8. The maximum absolute atomic E-state index is 12.8. The quantitative estimate of drug-likeness (QED) is 0.661. The van der Waals surface area contributed by atoms with Crippen molar-refractivity contribution < 1.29 is 17.9 Å². The first kappa shape index (κ1) is 16.1. The molecule has 1 aromatic carbocycles. The van der Waals surface area contributed by atoms with Crippen molar-refractivity contribution in [2.45, 2.75) is 17.9 Å². The molecule has 1 aliphatic heterocycles. The highest BCUT2D eigenvalue weighted by atomic mass is 32.2. The number of ether oxygens (including phenoxy) is 1. The number of benzene rings is 1. The molecule has 1 aromatic rings. The summed E-state index contributed by atoms with van der Waals surface area (Å²) in [7, 11) is -2.54. The Bertz CT molecular complexity index is 646. The molecule has 1 heterocycles. The monoisotopic (exact) mass is 330 g/mol. The van der Waals surface area contributed by atoms with Crippen LogP contribution in [-0.2, 0) is 14.8 Å². The van der Waals surface area contributed by atoms with Gasteiger partial charge in [0.15, 0.2) is 0 Å². The van der Waals surface area contributed by atoms with Gasteiger partial charge >= 0.3 is 5.97 Å². The first-order chi connectivity index (χ1) is 9.87. The SMILES string of the molecule is COC(=O)c1cc(N)ccc1S(=O)(=O)N1CCSCC1C. The van der Waals surface area contributed by atoms with Crippen LogP contribution in [0, 0.1) is 0 Å². The Morgan fingerprint density at radius 1 is 1.48 bits per heavy atom. The average Bonchev–Trinajstić information content (AvgIpc) is 2.46. The Balaban J connectivity index is 2.51. The third-order valence-corrected chi connectivity index (χ3v) is 6.56. The molecule has 1 unspecified atom stereocenters. The minimum absolute atomic E-state index is 0.0251. The number of thioether (sulfide) groups is 1. The molecule has 0 aliphatic carbocycles. The summed E-state index contributed by atoms with van der Waals surface area (Å²) in [6.07, 6.45) is 0. The predicted molar refractivity (Wildman–Crippen MR) is 82.9 cm³/mol. The number of carbonyl (C=O) groups is 1. The average molecular weight is 330 g/mol. The summed E-state index contributed by atoms with van der Waals surface area (Å²) in [6, 6.07) is 4.06. The molecule has 0 bridgehead atoms. The molecule has 0 radical (unpaired) electrons. The van der Waals surface area contributed by atoms with E-state index >= 15 is 0 Å². The number of rotatable bonds is 3. The molecule has 0 saturated carbocycles. The van der Waals surface area contributed by atoms with Crippen molar-refractivity contribution in [3.05, 3.63) is 23.8 Å². The molecule has 0 amide bonds. The lowest BCUT2D eigenvalue weighted by Crippen LogP contribution is -2.44. The number of anilines is 1. The number of nitrogens with two attached hydrogens (primary N) is 1. The van der Waals surface area contributed by atoms with E-state index in [9.17, 15) is 13.2 Å². The third-order valence-electron chi connectivity index (χ3n) is 3.30. The molecule has 6 nitrogen and oxygen atoms in total. The van der Waals surface area contributed by atoms with Crippen LogP contribution in [0.1, 0.15) is 17.3 Å². The van der Waals surface area contributed by atoms with E-state index in [0.29, 0.717) is 12.2 Å². The fraction of sp³-hybridized carbons (Fsp3) is 0.462. The Hall–Kier alpha value is -1.25. The number of sulfonamides is 1. The molecule has 1 aliphatic rings. The van der Waals surface area contributed by atoms with Crippen LogP contribution in [0.25, 0.3) is 0 Å². The van der Waals surface area contributed by atoms with Crippen LogP contribution < -0.4 is 5.73 Å². The zero-order chi connectivity index (χ0) is 15.6. The van der Waals surface area contributed by atoms with Gasteiger partial charge in [-0.25, -0.2) is 13.2 Å². The van der Waals surface area contributed by atoms with Crippen LogP contribution in [0.15, 0.2) is 23.1 Å². The molecule has 2 rings (SSSR count). The summed E-state index contributed by atoms with van der Waals surface area (Å²) in [5.74, 6) is 0.772. The smallest absolute Gasteiger partial charge is 0.339 e. The van der Waals surface area contributed by atoms with Gasteiger partial charge in [0, 0.05) is 29.8 Å². The standard InChI is InChI=1S/C13H18N2O4S2/c1-9-8-20-6-5-15(9)21(17,18)12-4-3-10(14)7-11(12)13(16)19-2/h3-4,7,9H,5-6,8,14H2,1-2H3. The second kappa shape index (κ2) is 6.25. The maximum Gasteiger partial charge on any atom is 0.339 e. The Morgan fingerprint density at radius 2 is 2.19 bits per heavy atom. The fourth-order valence-electron chi connectivity index (χ4n) is 2.24. The molecule has 116 valence electrons. The highest BCUT2D eigenvalue weighted by Gasteiger charge is 2.34. The number of nitrogen functional groups attached to an aromatic ring is 1. The van der Waals surface area contributed by atoms with Crippen LogP contribution >= 0.6 is 11.8 Å². The van der Waals surface area contributed by atoms with Crippen molar-refractivity contribution in [2.24, 2.45) is 0 Å². The number of methoxy groups -OCH3 is 1. The molecule has 21 heavy (non-hydrogen) atoms. The van der Waals surface area contributed by atoms with Gasteiger partial charge in [-0.3, -0.25) is 0 Å². The summed E-state index contributed by atoms with van der Waals surface area (Å²) in [5.41, 5.74) is 5.94. The van der Waals surface area contributed by atoms with Crippen molar-refractivity contribution in [1.82, 2.24) is 4.31 Å². The Morgan fingerprint density at radius 3 is 2.81 bits per heavy atom. The Kier molecular flexibility index (Phi) is 4.80. The van der Waals surface area contributed by atoms with E-state index in [4.69, 9.17) is 5.73 Å². The van der Waals surface area contributed by atoms with Gasteiger partial charge in [-0.15, -0.1) is 0 Å². The molecule has 8 heteroatoms. The number of hydrogen-bond acceptors (Lipinski definition) is 6. The highest BCUT2D eigenvalue weighted by Crippen LogP contribution is 2.28. The summed E-state index contributed by atoms with van der Waals surface area (Å²) < 4.78 is 31.7. The largest absolute Gasteiger partial charge is 0.465 e. The zero-order valence-corrected chi connectivity index (χ0v) is 13.5. The predicted octanol–water partition coefficient (Wildman–Crippen LogP) is 1.18. The lowest BCUT2D eigenvalue weighted by Gasteiger charge is -2.32. The number of esters is 1. The topological polar surface area (TPSA) is 89.7 Å². The molecular formula is C13H18N2O4S2. The van der Waals surface area contributed by atoms with Gasteiger partial charge in [-0.05, 0) is 25.1 Å². The molecule has 0 spiro atoms. The Labute approximate surface area is 128 Å². The van der Waals surface area contributed by atoms with Crippen molar-refractivity contribution in [3.63, 3.8) is 0 Å². The zero-order valence-electron chi connectivity index (χ0n) is 11.9. The van der Waals surface area contributed by atoms with E-state index in [0.717, 1.165) is 11.5 Å². The third kappa shape index (κ3) is 3.17. The normalized spacial score (nSPS) is 20.2. The molecule has 2 N–H and O–H groups in total. The molecule has 1 fully saturated rings. The first-order valence-corrected chi connectivity index (χ1v) is 9.05. The van der Waals surface area contributed by atoms with Crippen LogP contribution in [0.4, 0.5) is 5.69 Å². The van der Waals surface area contributed by atoms with Gasteiger partial charge in [-0.1, -0.05) is 0 Å². The van der Waals surface area contributed by atoms with Gasteiger partial charge in [0.2, 0.25) is 10.0 Å². The van der Waals surface area contributed by atoms with Crippen LogP contribution in [0.5, 0.6) is 0 Å². The van der Waals surface area contributed by atoms with Gasteiger partial charge in [0.05, 0.1) is 17.6 Å². The number of hydrogen-bond donors (Lipinski definition) is 1. The second-order valence-corrected chi connectivity index (χ2v) is 7.80. The van der Waals surface area contributed by atoms with Crippen LogP contribution in [0.3, 0.4) is 0 Å². The van der Waals surface area contributed by atoms with E-state index in [1.165, 1.54) is 29.6 Å². The van der Waals surface area contributed by atoms with Gasteiger partial charge < -0.3 is 10.5 Å². The minimum atomic E-state index is -3.75. The van der Waals surface area contributed by atoms with E-state index < -0.39 is 16.0 Å². The van der Waals surface area contributed by atoms with Crippen molar-refractivity contribution in [2.75, 3.05) is 30.9 Å². The van der Waals surface area contributed by atoms with Gasteiger partial charge in [0.25, 0.3) is 0 Å². The summed E-state index contributed by atoms with van der Waals surface area (Å²) in [5, 5.41) is 0. The highest BCUT2D eigenvalue weighted by molar-refractivity contribution is 7.99. The number of carbonyl (C=O) groups excluding carboxylic acids is 1. The first-order valence-electron chi connectivity index (χ1n) is 6.45. The summed E-state index contributed by atoms with van der Waals surface area (Å²) in [4.78, 5) is 11.8. The second-order valence-electron chi connectivity index (χ2n) is 4.79. The summed E-state index contributed by atoms with van der Waals surface area (Å²) >= 11 is 1.72. The fourth-order valence-corrected chi connectivity index (χ4v) is 5.25. The van der Waals surface area contributed by atoms with Crippen molar-refractivity contribution in [1.29, 1.82) is 0 Å². The molecule has 1 atom stereocenters.